The van der Waals surface area contributed by atoms with E-state index in [2.05, 4.69) is 20.5 Å². The van der Waals surface area contributed by atoms with E-state index in [9.17, 15) is 33.3 Å². The normalized spacial score (nSPS) is 16.1. The van der Waals surface area contributed by atoms with Crippen LogP contribution in [0.25, 0.3) is 6.08 Å². The molecular weight excluding hydrogens is 743 g/mol. The lowest BCUT2D eigenvalue weighted by atomic mass is 9.85. The molecule has 6 amide bonds. The van der Waals surface area contributed by atoms with Crippen molar-refractivity contribution in [1.82, 2.24) is 20.9 Å². The molecule has 3 atom stereocenters. The lowest BCUT2D eigenvalue weighted by Crippen LogP contribution is -2.58. The molecule has 1 aliphatic heterocycles. The molecule has 0 unspecified atom stereocenters. The molecule has 56 heavy (non-hydrogen) atoms. The smallest absolute Gasteiger partial charge is 0.404 e. The number of hydrogen-bond donors (Lipinski definition) is 6. The molecule has 4 rings (SSSR count). The van der Waals surface area contributed by atoms with Crippen molar-refractivity contribution in [1.29, 1.82) is 0 Å². The molecule has 1 heterocycles. The van der Waals surface area contributed by atoms with Crippen LogP contribution in [-0.2, 0) is 35.1 Å². The number of rotatable bonds is 15. The summed E-state index contributed by atoms with van der Waals surface area (Å²) >= 11 is 0. The van der Waals surface area contributed by atoms with Crippen molar-refractivity contribution in [3.63, 3.8) is 0 Å². The SMILES string of the molecule is CC(=O)NCCC(=O)N[C@H]1C[C@@H](C(=O)N(Cc2ccccc2)c2ccc(C(N)=O)cc2)N(C(=O)[C@@H](NC(=O)/C=C/c2ccc(OP(=O)(O)O)cc2)C(C)(C)C)C1. The molecule has 0 aromatic heterocycles. The van der Waals surface area contributed by atoms with Crippen molar-refractivity contribution >= 4 is 55.0 Å². The first kappa shape index (κ1) is 42.9. The van der Waals surface area contributed by atoms with Gasteiger partial charge in [-0.2, -0.15) is 0 Å². The molecule has 16 nitrogen and oxygen atoms in total. The number of hydrogen-bond acceptors (Lipinski definition) is 8. The minimum Gasteiger partial charge on any atom is -0.404 e. The Kier molecular flexibility index (Phi) is 14.3. The van der Waals surface area contributed by atoms with Gasteiger partial charge in [-0.05, 0) is 65.4 Å². The molecule has 1 fully saturated rings. The van der Waals surface area contributed by atoms with Crippen molar-refractivity contribution in [2.45, 2.75) is 65.2 Å². The number of nitrogens with one attached hydrogen (secondary N) is 3. The number of amides is 6. The highest BCUT2D eigenvalue weighted by Crippen LogP contribution is 2.37. The van der Waals surface area contributed by atoms with Crippen LogP contribution in [0.3, 0.4) is 0 Å². The average molecular weight is 791 g/mol. The molecule has 0 aliphatic carbocycles. The molecule has 1 aliphatic rings. The number of nitrogens with zero attached hydrogens (tertiary/aromatic N) is 2. The predicted octanol–water partition coefficient (Wildman–Crippen LogP) is 2.65. The van der Waals surface area contributed by atoms with Crippen LogP contribution in [0.4, 0.5) is 5.69 Å². The van der Waals surface area contributed by atoms with E-state index in [1.54, 1.807) is 32.9 Å². The Balaban J connectivity index is 1.64. The average Bonchev–Trinajstić information content (AvgIpc) is 3.55. The second-order valence-corrected chi connectivity index (χ2v) is 15.5. The number of phosphoric acid groups is 1. The van der Waals surface area contributed by atoms with Crippen LogP contribution in [0, 0.1) is 5.41 Å². The summed E-state index contributed by atoms with van der Waals surface area (Å²) in [5.41, 5.74) is 6.57. The summed E-state index contributed by atoms with van der Waals surface area (Å²) in [6.45, 7) is 6.77. The monoisotopic (exact) mass is 790 g/mol. The molecule has 0 radical (unpaired) electrons. The topological polar surface area (TPSA) is 238 Å². The van der Waals surface area contributed by atoms with Gasteiger partial charge in [0.1, 0.15) is 17.8 Å². The lowest BCUT2D eigenvalue weighted by molar-refractivity contribution is -0.142. The maximum absolute atomic E-state index is 14.7. The van der Waals surface area contributed by atoms with Gasteiger partial charge < -0.3 is 36.0 Å². The van der Waals surface area contributed by atoms with Gasteiger partial charge in [0.15, 0.2) is 0 Å². The van der Waals surface area contributed by atoms with Gasteiger partial charge in [-0.15, -0.1) is 0 Å². The molecule has 298 valence electrons. The number of benzene rings is 3. The first-order valence-electron chi connectivity index (χ1n) is 17.7. The van der Waals surface area contributed by atoms with E-state index in [0.29, 0.717) is 11.3 Å². The summed E-state index contributed by atoms with van der Waals surface area (Å²) in [7, 11) is -4.75. The molecule has 17 heteroatoms. The van der Waals surface area contributed by atoms with Gasteiger partial charge >= 0.3 is 7.82 Å². The Labute approximate surface area is 324 Å². The molecule has 0 bridgehead atoms. The van der Waals surface area contributed by atoms with Crippen LogP contribution in [-0.4, -0.2) is 81.3 Å². The Morgan fingerprint density at radius 1 is 0.982 bits per heavy atom. The van der Waals surface area contributed by atoms with E-state index in [0.717, 1.165) is 5.56 Å². The van der Waals surface area contributed by atoms with Crippen molar-refractivity contribution in [2.75, 3.05) is 18.0 Å². The quantitative estimate of drug-likeness (QED) is 0.0972. The molecule has 1 saturated heterocycles. The van der Waals surface area contributed by atoms with Gasteiger partial charge in [-0.25, -0.2) is 4.57 Å². The van der Waals surface area contributed by atoms with Crippen LogP contribution < -0.4 is 31.1 Å². The zero-order valence-electron chi connectivity index (χ0n) is 31.5. The first-order valence-corrected chi connectivity index (χ1v) is 19.3. The van der Waals surface area contributed by atoms with Crippen molar-refractivity contribution in [2.24, 2.45) is 11.1 Å². The summed E-state index contributed by atoms with van der Waals surface area (Å²) in [6.07, 6.45) is 2.67. The number of primary amides is 1. The molecular formula is C39H47N6O10P. The Hall–Kier alpha value is -5.83. The molecule has 3 aromatic rings. The fraction of sp³-hybridized carbons (Fsp3) is 0.333. The summed E-state index contributed by atoms with van der Waals surface area (Å²) in [5, 5.41) is 8.23. The number of carbonyl (C=O) groups is 6. The van der Waals surface area contributed by atoms with Gasteiger partial charge in [-0.3, -0.25) is 38.6 Å². The highest BCUT2D eigenvalue weighted by Gasteiger charge is 2.46. The third-order valence-electron chi connectivity index (χ3n) is 8.80. The number of phosphoric ester groups is 1. The minimum atomic E-state index is -4.75. The fourth-order valence-electron chi connectivity index (χ4n) is 6.07. The van der Waals surface area contributed by atoms with E-state index in [1.165, 1.54) is 65.3 Å². The van der Waals surface area contributed by atoms with Gasteiger partial charge in [0.05, 0.1) is 6.54 Å². The molecule has 3 aromatic carbocycles. The maximum Gasteiger partial charge on any atom is 0.524 e. The van der Waals surface area contributed by atoms with Gasteiger partial charge in [0, 0.05) is 49.8 Å². The first-order chi connectivity index (χ1) is 26.3. The van der Waals surface area contributed by atoms with Gasteiger partial charge in [0.25, 0.3) is 0 Å². The van der Waals surface area contributed by atoms with E-state index < -0.39 is 55.0 Å². The van der Waals surface area contributed by atoms with E-state index in [4.69, 9.17) is 15.5 Å². The van der Waals surface area contributed by atoms with Crippen LogP contribution in [0.1, 0.15) is 62.0 Å². The van der Waals surface area contributed by atoms with E-state index >= 15 is 0 Å². The summed E-state index contributed by atoms with van der Waals surface area (Å²) in [6, 6.07) is 18.1. The minimum absolute atomic E-state index is 0.0264. The molecule has 0 spiro atoms. The van der Waals surface area contributed by atoms with E-state index in [1.807, 2.05) is 30.3 Å². The highest BCUT2D eigenvalue weighted by molar-refractivity contribution is 7.46. The second-order valence-electron chi connectivity index (χ2n) is 14.4. The second kappa shape index (κ2) is 18.7. The molecule has 7 N–H and O–H groups in total. The van der Waals surface area contributed by atoms with Crippen LogP contribution in [0.5, 0.6) is 5.75 Å². The third-order valence-corrected chi connectivity index (χ3v) is 9.25. The fourth-order valence-corrected chi connectivity index (χ4v) is 6.47. The van der Waals surface area contributed by atoms with Crippen molar-refractivity contribution in [3.05, 3.63) is 102 Å². The number of nitrogens with two attached hydrogens (primary N) is 1. The summed E-state index contributed by atoms with van der Waals surface area (Å²) in [5.74, 6) is -3.04. The number of likely N-dealkylation sites (tertiary alicyclic amines) is 1. The summed E-state index contributed by atoms with van der Waals surface area (Å²) < 4.78 is 15.7. The van der Waals surface area contributed by atoms with Crippen LogP contribution >= 0.6 is 7.82 Å². The summed E-state index contributed by atoms with van der Waals surface area (Å²) in [4.78, 5) is 99.7. The highest BCUT2D eigenvalue weighted by atomic mass is 31.2. The van der Waals surface area contributed by atoms with Gasteiger partial charge in [0.2, 0.25) is 35.4 Å². The van der Waals surface area contributed by atoms with Crippen molar-refractivity contribution in [3.8, 4) is 5.75 Å². The van der Waals surface area contributed by atoms with E-state index in [-0.39, 0.29) is 55.6 Å². The Bertz CT molecular complexity index is 1980. The Morgan fingerprint density at radius 3 is 2.20 bits per heavy atom. The third kappa shape index (κ3) is 12.6. The zero-order chi connectivity index (χ0) is 41.2. The van der Waals surface area contributed by atoms with Gasteiger partial charge in [-0.1, -0.05) is 63.2 Å². The molecule has 0 saturated carbocycles. The maximum atomic E-state index is 14.7. The Morgan fingerprint density at radius 2 is 1.62 bits per heavy atom. The largest absolute Gasteiger partial charge is 0.524 e. The van der Waals surface area contributed by atoms with Crippen LogP contribution in [0.2, 0.25) is 0 Å². The number of anilines is 1. The zero-order valence-corrected chi connectivity index (χ0v) is 32.4. The predicted molar refractivity (Wildman–Crippen MR) is 207 cm³/mol. The lowest BCUT2D eigenvalue weighted by Gasteiger charge is -2.36. The van der Waals surface area contributed by atoms with Crippen LogP contribution in [0.15, 0.2) is 84.9 Å². The number of carbonyl (C=O) groups excluding carboxylic acids is 6. The van der Waals surface area contributed by atoms with Crippen molar-refractivity contribution < 1.29 is 47.6 Å². The standard InChI is InChI=1S/C39H47N6O10P/c1-25(46)41-21-20-34(48)42-29-22-32(37(50)44(23-27-8-6-5-7-9-27)30-15-13-28(14-16-30)36(40)49)45(24-29)38(51)35(39(2,3)4)43-33(47)19-12-26-10-17-31(18-11-26)55-56(52,53)54/h5-19,29,32,35H,20-24H2,1-4H3,(H2,40,49)(H,41,46)(H,42,48)(H,43,47)(H2,52,53,54)/b19-12+/t29-,32-,35+/m0/s1.